The minimum absolute atomic E-state index is 0.00262. The van der Waals surface area contributed by atoms with Crippen molar-refractivity contribution in [2.75, 3.05) is 19.8 Å². The lowest BCUT2D eigenvalue weighted by atomic mass is 9.79. The summed E-state index contributed by atoms with van der Waals surface area (Å²) in [7, 11) is 0. The average molecular weight is 427 g/mol. The molecular formula is C21H30FNO7. The van der Waals surface area contributed by atoms with Gasteiger partial charge in [-0.3, -0.25) is 4.79 Å². The highest BCUT2D eigenvalue weighted by Crippen LogP contribution is 2.61. The second kappa shape index (κ2) is 10.6. The first-order valence-corrected chi connectivity index (χ1v) is 10.1. The van der Waals surface area contributed by atoms with E-state index in [4.69, 9.17) is 14.2 Å². The van der Waals surface area contributed by atoms with Crippen molar-refractivity contribution in [3.05, 3.63) is 25.3 Å². The number of carboxylic acid groups (broad SMARTS) is 1. The maximum atomic E-state index is 14.8. The molecule has 2 saturated carbocycles. The Labute approximate surface area is 175 Å². The summed E-state index contributed by atoms with van der Waals surface area (Å²) in [5.41, 5.74) is -1.73. The maximum Gasteiger partial charge on any atom is 0.408 e. The highest BCUT2D eigenvalue weighted by atomic mass is 19.1. The molecule has 0 aromatic heterocycles. The van der Waals surface area contributed by atoms with Gasteiger partial charge in [0.2, 0.25) is 0 Å². The van der Waals surface area contributed by atoms with Crippen LogP contribution < -0.4 is 5.32 Å². The summed E-state index contributed by atoms with van der Waals surface area (Å²) in [6.45, 7) is 9.00. The molecule has 2 aliphatic rings. The van der Waals surface area contributed by atoms with Crippen LogP contribution in [0.15, 0.2) is 25.3 Å². The first-order chi connectivity index (χ1) is 14.3. The number of amides is 1. The van der Waals surface area contributed by atoms with Crippen LogP contribution in [0.25, 0.3) is 0 Å². The number of nitrogens with one attached hydrogen (secondary N) is 1. The number of halogens is 1. The van der Waals surface area contributed by atoms with Crippen LogP contribution in [0.1, 0.15) is 32.6 Å². The fraction of sp³-hybridized carbons (Fsp3) is 0.667. The summed E-state index contributed by atoms with van der Waals surface area (Å²) in [6.07, 6.45) is 0.0952. The minimum atomic E-state index is -1.73. The van der Waals surface area contributed by atoms with E-state index in [1.54, 1.807) is 0 Å². The molecule has 0 aromatic rings. The summed E-state index contributed by atoms with van der Waals surface area (Å²) in [6, 6.07) is 0. The van der Waals surface area contributed by atoms with Gasteiger partial charge in [0.1, 0.15) is 19.4 Å². The highest BCUT2D eigenvalue weighted by molar-refractivity contribution is 5.85. The Kier molecular flexibility index (Phi) is 8.40. The Balaban J connectivity index is 2.14. The van der Waals surface area contributed by atoms with Crippen LogP contribution >= 0.6 is 0 Å². The molecule has 0 saturated heterocycles. The van der Waals surface area contributed by atoms with E-state index >= 15 is 0 Å². The normalized spacial score (nSPS) is 30.3. The van der Waals surface area contributed by atoms with E-state index in [1.807, 2.05) is 6.92 Å². The lowest BCUT2D eigenvalue weighted by molar-refractivity contribution is -0.156. The predicted molar refractivity (Wildman–Crippen MR) is 105 cm³/mol. The Morgan fingerprint density at radius 3 is 2.50 bits per heavy atom. The first-order valence-electron chi connectivity index (χ1n) is 10.1. The largest absolute Gasteiger partial charge is 0.479 e. The number of rotatable bonds is 12. The van der Waals surface area contributed by atoms with Crippen LogP contribution in [0.5, 0.6) is 0 Å². The summed E-state index contributed by atoms with van der Waals surface area (Å²) < 4.78 is 30.3. The molecule has 0 heterocycles. The van der Waals surface area contributed by atoms with Gasteiger partial charge in [-0.15, -0.1) is 0 Å². The van der Waals surface area contributed by atoms with Crippen LogP contribution in [0.3, 0.4) is 0 Å². The van der Waals surface area contributed by atoms with E-state index in [0.29, 0.717) is 13.0 Å². The molecule has 6 atom stereocenters. The number of alkyl carbamates (subject to hydrolysis) is 1. The third kappa shape index (κ3) is 5.38. The number of fused-ring (bicyclic) bond motifs is 1. The van der Waals surface area contributed by atoms with Gasteiger partial charge in [-0.2, -0.15) is 0 Å². The Hall–Kier alpha value is -2.42. The van der Waals surface area contributed by atoms with Crippen molar-refractivity contribution in [3.63, 3.8) is 0 Å². The number of carbonyl (C=O) groups excluding carboxylic acids is 2. The number of alkyl halides is 1. The van der Waals surface area contributed by atoms with Gasteiger partial charge < -0.3 is 24.6 Å². The summed E-state index contributed by atoms with van der Waals surface area (Å²) in [5, 5.41) is 12.4. The Morgan fingerprint density at radius 2 is 1.90 bits per heavy atom. The number of carboxylic acids is 1. The molecule has 30 heavy (non-hydrogen) atoms. The van der Waals surface area contributed by atoms with E-state index in [2.05, 4.69) is 18.5 Å². The van der Waals surface area contributed by atoms with E-state index in [0.717, 1.165) is 0 Å². The maximum absolute atomic E-state index is 14.8. The van der Waals surface area contributed by atoms with Gasteiger partial charge in [-0.25, -0.2) is 14.0 Å². The molecule has 2 N–H and O–H groups in total. The van der Waals surface area contributed by atoms with Crippen molar-refractivity contribution in [1.82, 2.24) is 5.32 Å². The second-order valence-corrected chi connectivity index (χ2v) is 7.68. The lowest BCUT2D eigenvalue weighted by Crippen LogP contribution is -2.64. The minimum Gasteiger partial charge on any atom is -0.479 e. The zero-order chi connectivity index (χ0) is 22.3. The molecule has 168 valence electrons. The molecule has 0 spiro atoms. The molecule has 9 heteroatoms. The SMILES string of the molecule is C=CCOC(=O)CC(F)[C@@H]1C2C[C@](NC(=O)OCC=C)(C(=O)O)[C@H](OCCC)C[C@@H]21. The van der Waals surface area contributed by atoms with Crippen molar-refractivity contribution in [2.45, 2.75) is 50.4 Å². The van der Waals surface area contributed by atoms with Crippen molar-refractivity contribution in [1.29, 1.82) is 0 Å². The van der Waals surface area contributed by atoms with Crippen molar-refractivity contribution >= 4 is 18.0 Å². The van der Waals surface area contributed by atoms with Crippen LogP contribution in [-0.4, -0.2) is 60.8 Å². The monoisotopic (exact) mass is 427 g/mol. The van der Waals surface area contributed by atoms with Crippen LogP contribution in [-0.2, 0) is 23.8 Å². The number of hydrogen-bond acceptors (Lipinski definition) is 6. The van der Waals surface area contributed by atoms with Crippen molar-refractivity contribution in [2.24, 2.45) is 17.8 Å². The summed E-state index contributed by atoms with van der Waals surface area (Å²) in [5.74, 6) is -2.82. The zero-order valence-corrected chi connectivity index (χ0v) is 17.2. The van der Waals surface area contributed by atoms with Crippen LogP contribution in [0, 0.1) is 17.8 Å². The zero-order valence-electron chi connectivity index (χ0n) is 17.2. The molecule has 0 aliphatic heterocycles. The number of esters is 1. The molecule has 2 rings (SSSR count). The molecule has 2 fully saturated rings. The average Bonchev–Trinajstić information content (AvgIpc) is 3.40. The summed E-state index contributed by atoms with van der Waals surface area (Å²) in [4.78, 5) is 36.1. The van der Waals surface area contributed by atoms with E-state index in [9.17, 15) is 23.9 Å². The highest BCUT2D eigenvalue weighted by Gasteiger charge is 2.66. The third-order valence-corrected chi connectivity index (χ3v) is 5.70. The van der Waals surface area contributed by atoms with Gasteiger partial charge in [0.15, 0.2) is 5.54 Å². The quantitative estimate of drug-likeness (QED) is 0.364. The third-order valence-electron chi connectivity index (χ3n) is 5.70. The Bertz CT molecular complexity index is 670. The smallest absolute Gasteiger partial charge is 0.408 e. The van der Waals surface area contributed by atoms with Gasteiger partial charge in [0.05, 0.1) is 12.5 Å². The van der Waals surface area contributed by atoms with Gasteiger partial charge in [-0.05, 0) is 37.0 Å². The summed E-state index contributed by atoms with van der Waals surface area (Å²) >= 11 is 0. The molecular weight excluding hydrogens is 397 g/mol. The molecule has 2 unspecified atom stereocenters. The van der Waals surface area contributed by atoms with E-state index in [1.165, 1.54) is 12.2 Å². The lowest BCUT2D eigenvalue weighted by Gasteiger charge is -2.40. The topological polar surface area (TPSA) is 111 Å². The van der Waals surface area contributed by atoms with Gasteiger partial charge in [0, 0.05) is 6.61 Å². The van der Waals surface area contributed by atoms with E-state index in [-0.39, 0.29) is 37.9 Å². The molecule has 1 amide bonds. The van der Waals surface area contributed by atoms with Crippen molar-refractivity contribution < 1.29 is 38.1 Å². The number of ether oxygens (including phenoxy) is 3. The van der Waals surface area contributed by atoms with Gasteiger partial charge in [-0.1, -0.05) is 32.2 Å². The van der Waals surface area contributed by atoms with Crippen LogP contribution in [0.2, 0.25) is 0 Å². The van der Waals surface area contributed by atoms with Gasteiger partial charge >= 0.3 is 18.0 Å². The second-order valence-electron chi connectivity index (χ2n) is 7.68. The Morgan fingerprint density at radius 1 is 1.23 bits per heavy atom. The molecule has 0 radical (unpaired) electrons. The fourth-order valence-corrected chi connectivity index (χ4v) is 4.32. The van der Waals surface area contributed by atoms with E-state index < -0.39 is 48.2 Å². The van der Waals surface area contributed by atoms with Crippen LogP contribution in [0.4, 0.5) is 9.18 Å². The number of hydrogen-bond donors (Lipinski definition) is 2. The molecule has 0 aromatic carbocycles. The number of carbonyl (C=O) groups is 3. The number of aliphatic carboxylic acids is 1. The van der Waals surface area contributed by atoms with Crippen molar-refractivity contribution in [3.8, 4) is 0 Å². The molecule has 2 aliphatic carbocycles. The first kappa shape index (κ1) is 23.9. The van der Waals surface area contributed by atoms with Gasteiger partial charge in [0.25, 0.3) is 0 Å². The standard InChI is InChI=1S/C21H30FNO7/c1-4-7-28-16-10-13-14(18(13)15(22)11-17(24)29-8-5-2)12-21(16,19(25)26)23-20(27)30-9-6-3/h5-6,13-16,18H,2-4,7-12H2,1H3,(H,23,27)(H,25,26)/t13-,14?,15?,16+,18-,21+/m0/s1. The molecule has 0 bridgehead atoms. The fourth-order valence-electron chi connectivity index (χ4n) is 4.32. The predicted octanol–water partition coefficient (Wildman–Crippen LogP) is 2.63. The molecule has 8 nitrogen and oxygen atoms in total.